The Hall–Kier alpha value is -2.72. The van der Waals surface area contributed by atoms with Crippen LogP contribution in [0.5, 0.6) is 0 Å². The minimum Gasteiger partial charge on any atom is -0.270 e. The van der Waals surface area contributed by atoms with Gasteiger partial charge in [0.1, 0.15) is 0 Å². The van der Waals surface area contributed by atoms with Gasteiger partial charge in [-0.05, 0) is 49.8 Å². The summed E-state index contributed by atoms with van der Waals surface area (Å²) in [5.41, 5.74) is 3.29. The van der Waals surface area contributed by atoms with E-state index in [1.54, 1.807) is 37.3 Å². The third-order valence-corrected chi connectivity index (χ3v) is 3.95. The van der Waals surface area contributed by atoms with Gasteiger partial charge in [-0.2, -0.15) is 0 Å². The topological polar surface area (TPSA) is 49.7 Å². The first-order valence-corrected chi connectivity index (χ1v) is 8.27. The SMILES string of the molecule is CC(/C=C(\C)Cl)=Nc1cccc(CN2C(=O)c3ccccc3C2=O)c1. The number of fused-ring (bicyclic) bond motifs is 1. The molecule has 2 amide bonds. The molecule has 0 aromatic heterocycles. The molecular weight excluding hydrogens is 336 g/mol. The molecule has 126 valence electrons. The van der Waals surface area contributed by atoms with E-state index >= 15 is 0 Å². The maximum absolute atomic E-state index is 12.5. The first kappa shape index (κ1) is 17.1. The number of carbonyl (C=O) groups is 2. The van der Waals surface area contributed by atoms with E-state index in [1.165, 1.54) is 4.90 Å². The molecule has 0 spiro atoms. The molecule has 0 saturated carbocycles. The number of aliphatic imine (C=N–C) groups is 1. The van der Waals surface area contributed by atoms with Crippen LogP contribution in [-0.4, -0.2) is 22.4 Å². The highest BCUT2D eigenvalue weighted by molar-refractivity contribution is 6.30. The van der Waals surface area contributed by atoms with E-state index in [2.05, 4.69) is 4.99 Å². The number of hydrogen-bond donors (Lipinski definition) is 0. The van der Waals surface area contributed by atoms with Gasteiger partial charge in [-0.25, -0.2) is 0 Å². The normalized spacial score (nSPS) is 14.9. The Morgan fingerprint density at radius 1 is 1.04 bits per heavy atom. The molecule has 0 saturated heterocycles. The van der Waals surface area contributed by atoms with Gasteiger partial charge in [-0.3, -0.25) is 19.5 Å². The van der Waals surface area contributed by atoms with Gasteiger partial charge in [0.05, 0.1) is 23.4 Å². The number of allylic oxidation sites excluding steroid dienone is 2. The number of nitrogens with zero attached hydrogens (tertiary/aromatic N) is 2. The van der Waals surface area contributed by atoms with Gasteiger partial charge in [-0.1, -0.05) is 35.9 Å². The van der Waals surface area contributed by atoms with E-state index in [0.29, 0.717) is 16.2 Å². The van der Waals surface area contributed by atoms with Crippen molar-refractivity contribution in [2.45, 2.75) is 20.4 Å². The van der Waals surface area contributed by atoms with Crippen molar-refractivity contribution in [2.75, 3.05) is 0 Å². The van der Waals surface area contributed by atoms with Gasteiger partial charge in [0, 0.05) is 10.7 Å². The monoisotopic (exact) mass is 352 g/mol. The fourth-order valence-electron chi connectivity index (χ4n) is 2.81. The van der Waals surface area contributed by atoms with Crippen molar-refractivity contribution in [2.24, 2.45) is 4.99 Å². The number of benzene rings is 2. The van der Waals surface area contributed by atoms with Crippen LogP contribution in [0.2, 0.25) is 0 Å². The molecule has 1 heterocycles. The van der Waals surface area contributed by atoms with Gasteiger partial charge >= 0.3 is 0 Å². The molecule has 0 atom stereocenters. The lowest BCUT2D eigenvalue weighted by atomic mass is 10.1. The molecule has 3 rings (SSSR count). The molecule has 0 N–H and O–H groups in total. The van der Waals surface area contributed by atoms with Gasteiger partial charge < -0.3 is 0 Å². The molecule has 0 radical (unpaired) electrons. The van der Waals surface area contributed by atoms with Gasteiger partial charge in [-0.15, -0.1) is 0 Å². The predicted molar refractivity (Wildman–Crippen MR) is 99.5 cm³/mol. The second kappa shape index (κ2) is 7.03. The summed E-state index contributed by atoms with van der Waals surface area (Å²) in [6.45, 7) is 3.88. The average molecular weight is 353 g/mol. The zero-order valence-electron chi connectivity index (χ0n) is 14.0. The molecule has 4 nitrogen and oxygen atoms in total. The Bertz CT molecular complexity index is 876. The lowest BCUT2D eigenvalue weighted by Gasteiger charge is -2.14. The Balaban J connectivity index is 1.83. The molecule has 5 heteroatoms. The molecule has 2 aromatic carbocycles. The van der Waals surface area contributed by atoms with E-state index in [-0.39, 0.29) is 18.4 Å². The minimum atomic E-state index is -0.258. The van der Waals surface area contributed by atoms with E-state index < -0.39 is 0 Å². The standard InChI is InChI=1S/C20H17ClN2O2/c1-13(21)10-14(2)22-16-7-5-6-15(11-16)12-23-19(24)17-8-3-4-9-18(17)20(23)25/h3-11H,12H2,1-2H3/b13-10+,22-14?. The van der Waals surface area contributed by atoms with Crippen LogP contribution in [0.4, 0.5) is 5.69 Å². The highest BCUT2D eigenvalue weighted by Gasteiger charge is 2.34. The highest BCUT2D eigenvalue weighted by atomic mass is 35.5. The number of imide groups is 1. The summed E-state index contributed by atoms with van der Waals surface area (Å²) < 4.78 is 0. The van der Waals surface area contributed by atoms with Crippen molar-refractivity contribution >= 4 is 34.8 Å². The van der Waals surface area contributed by atoms with Crippen LogP contribution in [0.25, 0.3) is 0 Å². The zero-order valence-corrected chi connectivity index (χ0v) is 14.7. The minimum absolute atomic E-state index is 0.221. The van der Waals surface area contributed by atoms with Gasteiger partial charge in [0.25, 0.3) is 11.8 Å². The van der Waals surface area contributed by atoms with Crippen LogP contribution in [-0.2, 0) is 6.54 Å². The molecule has 1 aliphatic heterocycles. The quantitative estimate of drug-likeness (QED) is 0.590. The Labute approximate surface area is 151 Å². The molecule has 25 heavy (non-hydrogen) atoms. The van der Waals surface area contributed by atoms with Gasteiger partial charge in [0.15, 0.2) is 0 Å². The fraction of sp³-hybridized carbons (Fsp3) is 0.150. The van der Waals surface area contributed by atoms with Crippen molar-refractivity contribution in [1.29, 1.82) is 0 Å². The smallest absolute Gasteiger partial charge is 0.261 e. The van der Waals surface area contributed by atoms with Crippen molar-refractivity contribution < 1.29 is 9.59 Å². The summed E-state index contributed by atoms with van der Waals surface area (Å²) in [6.07, 6.45) is 1.78. The third-order valence-electron chi connectivity index (χ3n) is 3.84. The molecule has 0 unspecified atom stereocenters. The fourth-order valence-corrected chi connectivity index (χ4v) is 2.97. The molecular formula is C20H17ClN2O2. The first-order valence-electron chi connectivity index (χ1n) is 7.89. The number of amides is 2. The van der Waals surface area contributed by atoms with Crippen molar-refractivity contribution in [3.05, 3.63) is 76.3 Å². The van der Waals surface area contributed by atoms with Crippen LogP contribution in [0.3, 0.4) is 0 Å². The van der Waals surface area contributed by atoms with E-state index in [4.69, 9.17) is 11.6 Å². The lowest BCUT2D eigenvalue weighted by Crippen LogP contribution is -2.29. The summed E-state index contributed by atoms with van der Waals surface area (Å²) >= 11 is 5.86. The summed E-state index contributed by atoms with van der Waals surface area (Å²) in [7, 11) is 0. The van der Waals surface area contributed by atoms with E-state index in [1.807, 2.05) is 31.2 Å². The molecule has 2 aromatic rings. The second-order valence-electron chi connectivity index (χ2n) is 5.90. The Morgan fingerprint density at radius 3 is 2.28 bits per heavy atom. The average Bonchev–Trinajstić information content (AvgIpc) is 2.80. The summed E-state index contributed by atoms with van der Waals surface area (Å²) in [4.78, 5) is 30.6. The van der Waals surface area contributed by atoms with Crippen molar-refractivity contribution in [3.8, 4) is 0 Å². The summed E-state index contributed by atoms with van der Waals surface area (Å²) in [5, 5.41) is 0.656. The van der Waals surface area contributed by atoms with Crippen LogP contribution in [0.15, 0.2) is 64.6 Å². The van der Waals surface area contributed by atoms with Crippen molar-refractivity contribution in [1.82, 2.24) is 4.90 Å². The van der Waals surface area contributed by atoms with E-state index in [0.717, 1.165) is 17.0 Å². The predicted octanol–water partition coefficient (Wildman–Crippen LogP) is 4.72. The second-order valence-corrected chi connectivity index (χ2v) is 6.49. The molecule has 1 aliphatic rings. The number of hydrogen-bond acceptors (Lipinski definition) is 3. The Kier molecular flexibility index (Phi) is 4.81. The largest absolute Gasteiger partial charge is 0.270 e. The van der Waals surface area contributed by atoms with E-state index in [9.17, 15) is 9.59 Å². The van der Waals surface area contributed by atoms with Crippen LogP contribution in [0, 0.1) is 0 Å². The summed E-state index contributed by atoms with van der Waals surface area (Å²) in [6, 6.07) is 14.4. The first-order chi connectivity index (χ1) is 12.0. The number of rotatable bonds is 4. The van der Waals surface area contributed by atoms with Crippen LogP contribution >= 0.6 is 11.6 Å². The molecule has 0 bridgehead atoms. The van der Waals surface area contributed by atoms with Crippen LogP contribution < -0.4 is 0 Å². The third kappa shape index (κ3) is 3.69. The maximum Gasteiger partial charge on any atom is 0.261 e. The van der Waals surface area contributed by atoms with Gasteiger partial charge in [0.2, 0.25) is 0 Å². The number of halogens is 1. The molecule has 0 aliphatic carbocycles. The highest BCUT2D eigenvalue weighted by Crippen LogP contribution is 2.25. The van der Waals surface area contributed by atoms with Crippen LogP contribution in [0.1, 0.15) is 40.1 Å². The lowest BCUT2D eigenvalue weighted by molar-refractivity contribution is 0.0642. The molecule has 0 fully saturated rings. The maximum atomic E-state index is 12.5. The Morgan fingerprint density at radius 2 is 1.68 bits per heavy atom. The zero-order chi connectivity index (χ0) is 18.0. The number of carbonyl (C=O) groups excluding carboxylic acids is 2. The summed E-state index contributed by atoms with van der Waals surface area (Å²) in [5.74, 6) is -0.516. The van der Waals surface area contributed by atoms with Crippen molar-refractivity contribution in [3.63, 3.8) is 0 Å².